The van der Waals surface area contributed by atoms with Crippen molar-refractivity contribution in [2.24, 2.45) is 0 Å². The molecule has 3 aromatic heterocycles. The first-order valence-electron chi connectivity index (χ1n) is 13.5. The van der Waals surface area contributed by atoms with Crippen LogP contribution in [0.25, 0.3) is 21.3 Å². The number of hydrogen-bond acceptors (Lipinski definition) is 7. The summed E-state index contributed by atoms with van der Waals surface area (Å²) in [5.74, 6) is 1.26. The number of para-hydroxylation sites is 1. The minimum Gasteiger partial charge on any atom is -0.353 e. The normalized spacial score (nSPS) is 20.4. The zero-order chi connectivity index (χ0) is 26.9. The summed E-state index contributed by atoms with van der Waals surface area (Å²) < 4.78 is 18.2. The van der Waals surface area contributed by atoms with Crippen LogP contribution in [-0.2, 0) is 11.2 Å². The second-order valence-electron chi connectivity index (χ2n) is 10.3. The van der Waals surface area contributed by atoms with Gasteiger partial charge in [-0.05, 0) is 68.2 Å². The average Bonchev–Trinajstić information content (AvgIpc) is 3.37. The van der Waals surface area contributed by atoms with Gasteiger partial charge in [0.2, 0.25) is 5.91 Å². The van der Waals surface area contributed by atoms with Crippen LogP contribution >= 0.6 is 23.1 Å². The fourth-order valence-corrected chi connectivity index (χ4v) is 7.87. The molecule has 1 saturated carbocycles. The summed E-state index contributed by atoms with van der Waals surface area (Å²) in [6, 6.07) is 8.80. The number of carbonyl (C=O) groups excluding carboxylic acids is 1. The Morgan fingerprint density at radius 3 is 2.54 bits per heavy atom. The molecule has 1 N–H and O–H groups in total. The molecular weight excluding hydrogens is 537 g/mol. The molecule has 0 bridgehead atoms. The van der Waals surface area contributed by atoms with Crippen LogP contribution < -0.4 is 16.6 Å². The Labute approximate surface area is 232 Å². The quantitative estimate of drug-likeness (QED) is 0.366. The van der Waals surface area contributed by atoms with Gasteiger partial charge in [-0.25, -0.2) is 19.2 Å². The molecular formula is C28H30FN5O3S2. The summed E-state index contributed by atoms with van der Waals surface area (Å²) in [5.41, 5.74) is 0.396. The van der Waals surface area contributed by atoms with Crippen LogP contribution in [0.2, 0.25) is 0 Å². The highest BCUT2D eigenvalue weighted by atomic mass is 32.2. The lowest BCUT2D eigenvalue weighted by molar-refractivity contribution is -0.122. The third-order valence-corrected chi connectivity index (χ3v) is 9.95. The zero-order valence-electron chi connectivity index (χ0n) is 21.5. The smallest absolute Gasteiger partial charge is 0.333 e. The fraction of sp³-hybridized carbons (Fsp3) is 0.464. The van der Waals surface area contributed by atoms with Crippen molar-refractivity contribution in [3.8, 4) is 0 Å². The van der Waals surface area contributed by atoms with E-state index in [-0.39, 0.29) is 40.8 Å². The first-order valence-corrected chi connectivity index (χ1v) is 15.5. The van der Waals surface area contributed by atoms with Gasteiger partial charge in [-0.3, -0.25) is 18.7 Å². The molecule has 1 aliphatic carbocycles. The highest BCUT2D eigenvalue weighted by Gasteiger charge is 2.29. The van der Waals surface area contributed by atoms with Crippen molar-refractivity contribution in [2.45, 2.75) is 69.5 Å². The van der Waals surface area contributed by atoms with E-state index in [9.17, 15) is 18.8 Å². The van der Waals surface area contributed by atoms with E-state index >= 15 is 0 Å². The van der Waals surface area contributed by atoms with Crippen LogP contribution in [0.3, 0.4) is 0 Å². The lowest BCUT2D eigenvalue weighted by Gasteiger charge is -2.31. The predicted octanol–water partition coefficient (Wildman–Crippen LogP) is 4.61. The Bertz CT molecular complexity index is 1600. The average molecular weight is 568 g/mol. The minimum absolute atomic E-state index is 0.00279. The highest BCUT2D eigenvalue weighted by molar-refractivity contribution is 7.99. The van der Waals surface area contributed by atoms with Gasteiger partial charge in [0, 0.05) is 31.0 Å². The summed E-state index contributed by atoms with van der Waals surface area (Å²) >= 11 is 3.46. The highest BCUT2D eigenvalue weighted by Crippen LogP contribution is 2.30. The number of rotatable bonds is 6. The van der Waals surface area contributed by atoms with Crippen molar-refractivity contribution >= 4 is 50.3 Å². The van der Waals surface area contributed by atoms with Gasteiger partial charge >= 0.3 is 5.69 Å². The van der Waals surface area contributed by atoms with Crippen molar-refractivity contribution in [1.82, 2.24) is 24.4 Å². The number of carbonyl (C=O) groups is 1. The van der Waals surface area contributed by atoms with E-state index in [1.807, 2.05) is 36.0 Å². The van der Waals surface area contributed by atoms with Gasteiger partial charge in [0.1, 0.15) is 11.5 Å². The number of hydrogen-bond donors (Lipinski definition) is 1. The second-order valence-corrected chi connectivity index (χ2v) is 12.7. The number of benzene rings is 1. The monoisotopic (exact) mass is 567 g/mol. The number of amides is 1. The second kappa shape index (κ2) is 11.2. The van der Waals surface area contributed by atoms with E-state index in [0.717, 1.165) is 45.8 Å². The Balaban J connectivity index is 1.15. The first kappa shape index (κ1) is 26.2. The van der Waals surface area contributed by atoms with Gasteiger partial charge in [-0.15, -0.1) is 11.3 Å². The Morgan fingerprint density at radius 2 is 1.77 bits per heavy atom. The maximum Gasteiger partial charge on any atom is 0.333 e. The molecule has 8 nitrogen and oxygen atoms in total. The van der Waals surface area contributed by atoms with Crippen LogP contribution in [0.1, 0.15) is 62.0 Å². The van der Waals surface area contributed by atoms with Crippen LogP contribution in [0.15, 0.2) is 46.1 Å². The van der Waals surface area contributed by atoms with E-state index in [4.69, 9.17) is 0 Å². The molecule has 4 heterocycles. The van der Waals surface area contributed by atoms with Crippen molar-refractivity contribution in [3.63, 3.8) is 0 Å². The summed E-state index contributed by atoms with van der Waals surface area (Å²) in [5, 5.41) is 4.23. The van der Waals surface area contributed by atoms with Crippen molar-refractivity contribution in [3.05, 3.63) is 68.2 Å². The lowest BCUT2D eigenvalue weighted by Crippen LogP contribution is -2.46. The number of thioether (sulfide) groups is 1. The number of pyridine rings is 1. The molecule has 1 aromatic carbocycles. The van der Waals surface area contributed by atoms with E-state index in [2.05, 4.69) is 15.3 Å². The topological polar surface area (TPSA) is 98.9 Å². The molecule has 4 aromatic rings. The number of aromatic nitrogens is 4. The third kappa shape index (κ3) is 5.38. The number of nitrogens with one attached hydrogen (secondary N) is 1. The van der Waals surface area contributed by atoms with Gasteiger partial charge in [0.25, 0.3) is 5.56 Å². The van der Waals surface area contributed by atoms with E-state index < -0.39 is 11.4 Å². The number of thiazole rings is 1. The van der Waals surface area contributed by atoms with Gasteiger partial charge in [0.15, 0.2) is 0 Å². The van der Waals surface area contributed by atoms with E-state index in [0.29, 0.717) is 38.5 Å². The van der Waals surface area contributed by atoms with Gasteiger partial charge < -0.3 is 5.32 Å². The predicted molar refractivity (Wildman–Crippen MR) is 153 cm³/mol. The molecule has 0 radical (unpaired) electrons. The number of halogens is 1. The molecule has 2 aliphatic rings. The Morgan fingerprint density at radius 1 is 1.03 bits per heavy atom. The SMILES string of the molecule is O=C(CCc1nc2ccccc2s1)NC1CCC(n2c(=O)c3cc(F)cnc3n(C3CCSCC3)c2=O)CC1. The molecule has 1 saturated heterocycles. The summed E-state index contributed by atoms with van der Waals surface area (Å²) in [7, 11) is 0. The van der Waals surface area contributed by atoms with Crippen LogP contribution in [0.4, 0.5) is 4.39 Å². The maximum absolute atomic E-state index is 14.1. The fourth-order valence-electron chi connectivity index (χ4n) is 5.82. The molecule has 2 fully saturated rings. The maximum atomic E-state index is 14.1. The van der Waals surface area contributed by atoms with E-state index in [1.165, 1.54) is 10.6 Å². The zero-order valence-corrected chi connectivity index (χ0v) is 23.1. The standard InChI is InChI=1S/C28H30FN5O3S2/c29-17-15-21-26(30-16-17)33(20-11-13-38-14-12-20)28(37)34(27(21)36)19-7-5-18(6-8-19)31-24(35)9-10-25-32-22-3-1-2-4-23(22)39-25/h1-4,15-16,18-20H,5-14H2,(H,31,35). The molecule has 0 unspecified atom stereocenters. The largest absolute Gasteiger partial charge is 0.353 e. The molecule has 6 rings (SSSR count). The lowest BCUT2D eigenvalue weighted by atomic mass is 9.90. The Kier molecular flexibility index (Phi) is 7.53. The van der Waals surface area contributed by atoms with Gasteiger partial charge in [0.05, 0.1) is 26.8 Å². The van der Waals surface area contributed by atoms with Crippen LogP contribution in [0, 0.1) is 5.82 Å². The van der Waals surface area contributed by atoms with Crippen LogP contribution in [-0.4, -0.2) is 42.6 Å². The molecule has 1 aliphatic heterocycles. The number of aryl methyl sites for hydroxylation is 1. The van der Waals surface area contributed by atoms with E-state index in [1.54, 1.807) is 15.9 Å². The van der Waals surface area contributed by atoms with Gasteiger partial charge in [-0.1, -0.05) is 12.1 Å². The molecule has 1 amide bonds. The summed E-state index contributed by atoms with van der Waals surface area (Å²) in [6.45, 7) is 0. The first-order chi connectivity index (χ1) is 19.0. The minimum atomic E-state index is -0.590. The molecule has 11 heteroatoms. The van der Waals surface area contributed by atoms with Gasteiger partial charge in [-0.2, -0.15) is 11.8 Å². The number of fused-ring (bicyclic) bond motifs is 2. The number of nitrogens with zero attached hydrogens (tertiary/aromatic N) is 4. The van der Waals surface area contributed by atoms with Crippen molar-refractivity contribution in [2.75, 3.05) is 11.5 Å². The molecule has 39 heavy (non-hydrogen) atoms. The summed E-state index contributed by atoms with van der Waals surface area (Å²) in [4.78, 5) is 48.6. The molecule has 0 atom stereocenters. The molecule has 204 valence electrons. The Hall–Kier alpha value is -3.05. The van der Waals surface area contributed by atoms with Crippen LogP contribution in [0.5, 0.6) is 0 Å². The van der Waals surface area contributed by atoms with Crippen molar-refractivity contribution < 1.29 is 9.18 Å². The summed E-state index contributed by atoms with van der Waals surface area (Å²) in [6.07, 6.45) is 6.18. The molecule has 0 spiro atoms. The third-order valence-electron chi connectivity index (χ3n) is 7.81. The van der Waals surface area contributed by atoms with Crippen molar-refractivity contribution in [1.29, 1.82) is 0 Å².